The number of nitrogens with two attached hydrogens (primary N) is 1. The molecule has 0 aliphatic heterocycles. The van der Waals surface area contributed by atoms with Crippen LogP contribution in [0.2, 0.25) is 0 Å². The van der Waals surface area contributed by atoms with Crippen molar-refractivity contribution < 1.29 is 18.0 Å². The van der Waals surface area contributed by atoms with Gasteiger partial charge in [0.05, 0.1) is 0 Å². The molecule has 1 aromatic heterocycles. The van der Waals surface area contributed by atoms with Crippen LogP contribution in [0.3, 0.4) is 0 Å². The van der Waals surface area contributed by atoms with E-state index in [9.17, 15) is 18.0 Å². The van der Waals surface area contributed by atoms with Crippen molar-refractivity contribution in [1.82, 2.24) is 20.1 Å². The number of benzene rings is 1. The summed E-state index contributed by atoms with van der Waals surface area (Å²) in [6, 6.07) is 5.87. The molecular formula is C12H12F3N5O. The first-order valence-electron chi connectivity index (χ1n) is 5.88. The van der Waals surface area contributed by atoms with E-state index >= 15 is 0 Å². The van der Waals surface area contributed by atoms with Gasteiger partial charge < -0.3 is 11.1 Å². The standard InChI is InChI=1S/C12H12F3N5O/c1-20-11(16)18-9(19-20)7-2-4-8(5-3-7)10(21)17-6-12(13,14)15/h2-5H,6H2,1H3,(H,17,21)(H2,16,18,19). The average Bonchev–Trinajstić information content (AvgIpc) is 2.75. The minimum atomic E-state index is -4.44. The number of halogens is 3. The summed E-state index contributed by atoms with van der Waals surface area (Å²) in [6.07, 6.45) is -4.44. The van der Waals surface area contributed by atoms with Crippen molar-refractivity contribution in [3.05, 3.63) is 29.8 Å². The fourth-order valence-electron chi connectivity index (χ4n) is 1.57. The molecule has 0 aliphatic carbocycles. The molecule has 0 saturated carbocycles. The van der Waals surface area contributed by atoms with Crippen LogP contribution in [0.4, 0.5) is 19.1 Å². The number of carbonyl (C=O) groups excluding carboxylic acids is 1. The highest BCUT2D eigenvalue weighted by Gasteiger charge is 2.27. The summed E-state index contributed by atoms with van der Waals surface area (Å²) in [6.45, 7) is -1.37. The third kappa shape index (κ3) is 3.71. The van der Waals surface area contributed by atoms with E-state index in [-0.39, 0.29) is 11.5 Å². The van der Waals surface area contributed by atoms with Crippen LogP contribution in [-0.4, -0.2) is 33.4 Å². The Labute approximate surface area is 117 Å². The first kappa shape index (κ1) is 14.8. The predicted octanol–water partition coefficient (Wildman–Crippen LogP) is 1.36. The summed E-state index contributed by atoms with van der Waals surface area (Å²) < 4.78 is 37.4. The molecular weight excluding hydrogens is 287 g/mol. The van der Waals surface area contributed by atoms with Crippen LogP contribution in [-0.2, 0) is 7.05 Å². The number of hydrogen-bond donors (Lipinski definition) is 2. The van der Waals surface area contributed by atoms with E-state index in [0.29, 0.717) is 11.4 Å². The summed E-state index contributed by atoms with van der Waals surface area (Å²) in [5.41, 5.74) is 6.28. The van der Waals surface area contributed by atoms with Crippen LogP contribution in [0.1, 0.15) is 10.4 Å². The van der Waals surface area contributed by atoms with Gasteiger partial charge in [0, 0.05) is 18.2 Å². The lowest BCUT2D eigenvalue weighted by Crippen LogP contribution is -2.33. The summed E-state index contributed by atoms with van der Waals surface area (Å²) >= 11 is 0. The quantitative estimate of drug-likeness (QED) is 0.896. The number of hydrogen-bond acceptors (Lipinski definition) is 4. The van der Waals surface area contributed by atoms with E-state index in [1.807, 2.05) is 0 Å². The summed E-state index contributed by atoms with van der Waals surface area (Å²) in [4.78, 5) is 15.5. The summed E-state index contributed by atoms with van der Waals surface area (Å²) in [5, 5.41) is 5.85. The van der Waals surface area contributed by atoms with Gasteiger partial charge in [0.15, 0.2) is 5.82 Å². The Bertz CT molecular complexity index is 628. The Morgan fingerprint density at radius 3 is 2.43 bits per heavy atom. The summed E-state index contributed by atoms with van der Waals surface area (Å²) in [5.74, 6) is -0.193. The maximum Gasteiger partial charge on any atom is 0.405 e. The Morgan fingerprint density at radius 1 is 1.33 bits per heavy atom. The Morgan fingerprint density at radius 2 is 1.95 bits per heavy atom. The van der Waals surface area contributed by atoms with Crippen molar-refractivity contribution in [1.29, 1.82) is 0 Å². The highest BCUT2D eigenvalue weighted by atomic mass is 19.4. The summed E-state index contributed by atoms with van der Waals surface area (Å²) in [7, 11) is 1.63. The number of nitrogen functional groups attached to an aromatic ring is 1. The number of aryl methyl sites for hydroxylation is 1. The molecule has 9 heteroatoms. The molecule has 2 rings (SSSR count). The van der Waals surface area contributed by atoms with Gasteiger partial charge in [-0.2, -0.15) is 18.2 Å². The largest absolute Gasteiger partial charge is 0.405 e. The van der Waals surface area contributed by atoms with Crippen LogP contribution in [0.25, 0.3) is 11.4 Å². The molecule has 0 bridgehead atoms. The molecule has 1 aromatic carbocycles. The lowest BCUT2D eigenvalue weighted by molar-refractivity contribution is -0.123. The van der Waals surface area contributed by atoms with Gasteiger partial charge in [-0.1, -0.05) is 12.1 Å². The molecule has 0 atom stereocenters. The number of anilines is 1. The zero-order valence-electron chi connectivity index (χ0n) is 11.0. The van der Waals surface area contributed by atoms with Crippen molar-refractivity contribution in [3.63, 3.8) is 0 Å². The lowest BCUT2D eigenvalue weighted by atomic mass is 10.1. The fraction of sp³-hybridized carbons (Fsp3) is 0.250. The second-order valence-electron chi connectivity index (χ2n) is 4.29. The topological polar surface area (TPSA) is 85.8 Å². The maximum absolute atomic E-state index is 12.0. The minimum Gasteiger partial charge on any atom is -0.368 e. The van der Waals surface area contributed by atoms with E-state index in [4.69, 9.17) is 5.73 Å². The number of aromatic nitrogens is 3. The first-order valence-corrected chi connectivity index (χ1v) is 5.88. The number of nitrogens with one attached hydrogen (secondary N) is 1. The average molecular weight is 299 g/mol. The normalized spacial score (nSPS) is 11.4. The van der Waals surface area contributed by atoms with Gasteiger partial charge in [0.1, 0.15) is 6.54 Å². The second-order valence-corrected chi connectivity index (χ2v) is 4.29. The van der Waals surface area contributed by atoms with Crippen LogP contribution in [0, 0.1) is 0 Å². The Balaban J connectivity index is 2.10. The van der Waals surface area contributed by atoms with Crippen molar-refractivity contribution in [2.75, 3.05) is 12.3 Å². The van der Waals surface area contributed by atoms with E-state index in [1.54, 1.807) is 12.4 Å². The highest BCUT2D eigenvalue weighted by Crippen LogP contribution is 2.17. The maximum atomic E-state index is 12.0. The first-order chi connectivity index (χ1) is 9.76. The third-order valence-corrected chi connectivity index (χ3v) is 2.65. The number of nitrogens with zero attached hydrogens (tertiary/aromatic N) is 3. The zero-order valence-corrected chi connectivity index (χ0v) is 11.0. The molecule has 112 valence electrons. The molecule has 0 saturated heterocycles. The molecule has 6 nitrogen and oxygen atoms in total. The molecule has 3 N–H and O–H groups in total. The Hall–Kier alpha value is -2.58. The van der Waals surface area contributed by atoms with Crippen LogP contribution in [0.5, 0.6) is 0 Å². The lowest BCUT2D eigenvalue weighted by Gasteiger charge is -2.08. The third-order valence-electron chi connectivity index (χ3n) is 2.65. The molecule has 0 fully saturated rings. The van der Waals surface area contributed by atoms with E-state index < -0.39 is 18.6 Å². The van der Waals surface area contributed by atoms with Crippen molar-refractivity contribution in [2.45, 2.75) is 6.18 Å². The number of carbonyl (C=O) groups is 1. The van der Waals surface area contributed by atoms with E-state index in [0.717, 1.165) is 0 Å². The number of rotatable bonds is 3. The Kier molecular flexibility index (Phi) is 3.83. The zero-order chi connectivity index (χ0) is 15.6. The van der Waals surface area contributed by atoms with E-state index in [1.165, 1.54) is 28.9 Å². The SMILES string of the molecule is Cn1nc(-c2ccc(C(=O)NCC(F)(F)F)cc2)nc1N. The van der Waals surface area contributed by atoms with Crippen molar-refractivity contribution in [2.24, 2.45) is 7.05 Å². The number of amides is 1. The predicted molar refractivity (Wildman–Crippen MR) is 69.2 cm³/mol. The van der Waals surface area contributed by atoms with Gasteiger partial charge >= 0.3 is 6.18 Å². The molecule has 21 heavy (non-hydrogen) atoms. The van der Waals surface area contributed by atoms with Crippen LogP contribution in [0.15, 0.2) is 24.3 Å². The molecule has 0 unspecified atom stereocenters. The van der Waals surface area contributed by atoms with Gasteiger partial charge in [-0.25, -0.2) is 4.68 Å². The van der Waals surface area contributed by atoms with Crippen LogP contribution >= 0.6 is 0 Å². The van der Waals surface area contributed by atoms with Crippen molar-refractivity contribution >= 4 is 11.9 Å². The molecule has 1 amide bonds. The van der Waals surface area contributed by atoms with Gasteiger partial charge in [-0.15, -0.1) is 5.10 Å². The monoisotopic (exact) mass is 299 g/mol. The highest BCUT2D eigenvalue weighted by molar-refractivity contribution is 5.94. The smallest absolute Gasteiger partial charge is 0.368 e. The van der Waals surface area contributed by atoms with Gasteiger partial charge in [-0.05, 0) is 12.1 Å². The minimum absolute atomic E-state index is 0.118. The van der Waals surface area contributed by atoms with E-state index in [2.05, 4.69) is 10.1 Å². The van der Waals surface area contributed by atoms with Crippen LogP contribution < -0.4 is 11.1 Å². The van der Waals surface area contributed by atoms with Gasteiger partial charge in [0.2, 0.25) is 5.95 Å². The molecule has 1 heterocycles. The second kappa shape index (κ2) is 5.43. The van der Waals surface area contributed by atoms with Gasteiger partial charge in [-0.3, -0.25) is 4.79 Å². The molecule has 0 spiro atoms. The number of alkyl halides is 3. The molecule has 0 radical (unpaired) electrons. The van der Waals surface area contributed by atoms with Crippen molar-refractivity contribution in [3.8, 4) is 11.4 Å². The molecule has 0 aliphatic rings. The molecule has 2 aromatic rings. The van der Waals surface area contributed by atoms with Gasteiger partial charge in [0.25, 0.3) is 5.91 Å². The fourth-order valence-corrected chi connectivity index (χ4v) is 1.57.